The fourth-order valence-electron chi connectivity index (χ4n) is 0. The Morgan fingerprint density at radius 3 is 0.375 bits per heavy atom. The van der Waals surface area contributed by atoms with Crippen LogP contribution in [0.4, 0.5) is 0 Å². The normalized spacial score (nSPS) is 0. The van der Waals surface area contributed by atoms with Crippen molar-refractivity contribution in [3.05, 3.63) is 0 Å². The average molecular weight is 278 g/mol. The molecule has 0 aliphatic carbocycles. The number of hydrogen-bond donors (Lipinski definition) is 0. The van der Waals surface area contributed by atoms with Crippen LogP contribution in [0.15, 0.2) is 0 Å². The van der Waals surface area contributed by atoms with E-state index < -0.39 is 0 Å². The Balaban J connectivity index is 0. The first-order valence-corrected chi connectivity index (χ1v) is 0. The molecule has 0 bridgehead atoms. The fraction of sp³-hybridized carbons (Fsp3) is 0. The van der Waals surface area contributed by atoms with E-state index in [1.807, 2.05) is 0 Å². The van der Waals surface area contributed by atoms with Crippen molar-refractivity contribution in [1.82, 2.24) is 0 Å². The first kappa shape index (κ1) is 133. The van der Waals surface area contributed by atoms with E-state index in [2.05, 4.69) is 0 Å². The summed E-state index contributed by atoms with van der Waals surface area (Å²) in [7, 11) is 0. The summed E-state index contributed by atoms with van der Waals surface area (Å²) in [4.78, 5) is 0. The third-order valence-electron chi connectivity index (χ3n) is 0. The van der Waals surface area contributed by atoms with E-state index in [1.54, 1.807) is 0 Å². The van der Waals surface area contributed by atoms with Crippen LogP contribution in [0.3, 0.4) is 0 Å². The molecule has 0 aromatic carbocycles. The number of hydrogen-bond acceptors (Lipinski definition) is 0. The Morgan fingerprint density at radius 2 is 0.375 bits per heavy atom. The summed E-state index contributed by atoms with van der Waals surface area (Å²) in [6.45, 7) is 0. The van der Waals surface area contributed by atoms with Crippen LogP contribution in [0.5, 0.6) is 0 Å². The second kappa shape index (κ2) is 96.9. The van der Waals surface area contributed by atoms with Crippen molar-refractivity contribution in [3.8, 4) is 0 Å². The summed E-state index contributed by atoms with van der Waals surface area (Å²) in [6.07, 6.45) is 0. The van der Waals surface area contributed by atoms with Gasteiger partial charge in [0, 0.05) is 0 Å². The molecule has 0 amide bonds. The van der Waals surface area contributed by atoms with Crippen molar-refractivity contribution in [2.75, 3.05) is 0 Å². The van der Waals surface area contributed by atoms with Crippen LogP contribution in [0.1, 0.15) is 0 Å². The molecule has 0 aromatic rings. The van der Waals surface area contributed by atoms with Gasteiger partial charge in [-0.2, -0.15) is 0 Å². The topological polar surface area (TPSA) is 0 Å². The molecule has 0 radical (unpaired) electrons. The molecule has 8 heavy (non-hydrogen) atoms. The predicted octanol–water partition coefficient (Wildman–Crippen LogP) is -4.26. The van der Waals surface area contributed by atoms with Crippen molar-refractivity contribution < 1.29 is 24.8 Å². The Hall–Kier alpha value is 2.80. The summed E-state index contributed by atoms with van der Waals surface area (Å²) in [6, 6.07) is 0. The van der Waals surface area contributed by atoms with Gasteiger partial charge in [-0.3, -0.25) is 0 Å². The zero-order valence-electron chi connectivity index (χ0n) is 3.50. The van der Waals surface area contributed by atoms with Crippen LogP contribution in [0.25, 0.3) is 0 Å². The van der Waals surface area contributed by atoms with Crippen molar-refractivity contribution in [2.45, 2.75) is 0 Å². The molecule has 8 heteroatoms. The monoisotopic (exact) mass is 274 g/mol. The van der Waals surface area contributed by atoms with E-state index in [9.17, 15) is 0 Å². The third kappa shape index (κ3) is 68.4. The predicted molar refractivity (Wildman–Crippen MR) is 42.0 cm³/mol. The van der Waals surface area contributed by atoms with Crippen molar-refractivity contribution in [1.29, 1.82) is 0 Å². The molecule has 0 atom stereocenters. The minimum absolute atomic E-state index is 0. The van der Waals surface area contributed by atoms with Gasteiger partial charge in [-0.25, -0.2) is 0 Å². The van der Waals surface area contributed by atoms with Gasteiger partial charge in [-0.15, -0.1) is 62.0 Å². The molecule has 0 nitrogen and oxygen atoms in total. The van der Waals surface area contributed by atoms with Crippen molar-refractivity contribution in [3.63, 3.8) is 0 Å². The number of rotatable bonds is 0. The van der Waals surface area contributed by atoms with Gasteiger partial charge in [0.15, 0.2) is 0 Å². The molecular formula is H5Cl7Mg. The maximum atomic E-state index is 0. The first-order valence-electron chi connectivity index (χ1n) is 0. The van der Waals surface area contributed by atoms with E-state index in [1.165, 1.54) is 0 Å². The van der Waals surface area contributed by atoms with Gasteiger partial charge in [0.1, 0.15) is 0 Å². The second-order valence-corrected chi connectivity index (χ2v) is 0. The zero-order valence-corrected chi connectivity index (χ0v) is 10.5. The van der Waals surface area contributed by atoms with Crippen LogP contribution in [0, 0.1) is 0 Å². The Bertz CT molecular complexity index is 4.35. The van der Waals surface area contributed by atoms with Gasteiger partial charge in [0.2, 0.25) is 0 Å². The molecule has 0 aliphatic heterocycles. The standard InChI is InChI=1S/7ClH.Mg/h7*1H;/q;;;;;;;+2/p-2. The smallest absolute Gasteiger partial charge is 1.00 e. The molecule has 0 saturated carbocycles. The Morgan fingerprint density at radius 1 is 0.375 bits per heavy atom. The van der Waals surface area contributed by atoms with E-state index in [0.717, 1.165) is 0 Å². The largest absolute Gasteiger partial charge is 2.00 e. The maximum Gasteiger partial charge on any atom is 2.00 e. The van der Waals surface area contributed by atoms with Gasteiger partial charge < -0.3 is 24.8 Å². The van der Waals surface area contributed by atoms with Gasteiger partial charge in [-0.05, 0) is 0 Å². The van der Waals surface area contributed by atoms with E-state index in [4.69, 9.17) is 0 Å². The van der Waals surface area contributed by atoms with E-state index in [0.29, 0.717) is 0 Å². The molecule has 0 spiro atoms. The van der Waals surface area contributed by atoms with Gasteiger partial charge in [-0.1, -0.05) is 0 Å². The molecule has 0 heterocycles. The van der Waals surface area contributed by atoms with Crippen LogP contribution in [0.2, 0.25) is 0 Å². The molecular weight excluding hydrogens is 272 g/mol. The molecule has 0 rings (SSSR count). The SMILES string of the molecule is Cl.Cl.Cl.Cl.Cl.[Cl-].[Cl-].[Mg+2]. The summed E-state index contributed by atoms with van der Waals surface area (Å²) in [5, 5.41) is 0. The van der Waals surface area contributed by atoms with Crippen molar-refractivity contribution >= 4 is 85.1 Å². The summed E-state index contributed by atoms with van der Waals surface area (Å²) in [5.74, 6) is 0. The maximum absolute atomic E-state index is 0. The third-order valence-corrected chi connectivity index (χ3v) is 0. The summed E-state index contributed by atoms with van der Waals surface area (Å²) in [5.41, 5.74) is 0. The quantitative estimate of drug-likeness (QED) is 0.394. The van der Waals surface area contributed by atoms with Gasteiger partial charge in [0.25, 0.3) is 0 Å². The number of halogens is 7. The minimum Gasteiger partial charge on any atom is -1.00 e. The summed E-state index contributed by atoms with van der Waals surface area (Å²) < 4.78 is 0. The summed E-state index contributed by atoms with van der Waals surface area (Å²) >= 11 is 0. The van der Waals surface area contributed by atoms with Crippen LogP contribution < -0.4 is 24.8 Å². The van der Waals surface area contributed by atoms with E-state index >= 15 is 0 Å². The molecule has 0 aromatic heterocycles. The van der Waals surface area contributed by atoms with Crippen LogP contribution in [-0.4, -0.2) is 23.1 Å². The minimum atomic E-state index is 0. The molecule has 0 fully saturated rings. The van der Waals surface area contributed by atoms with Gasteiger partial charge in [0.05, 0.1) is 0 Å². The molecule has 0 unspecified atom stereocenters. The Labute approximate surface area is 109 Å². The van der Waals surface area contributed by atoms with E-state index in [-0.39, 0.29) is 110 Å². The van der Waals surface area contributed by atoms with Gasteiger partial charge >= 0.3 is 23.1 Å². The second-order valence-electron chi connectivity index (χ2n) is 0. The van der Waals surface area contributed by atoms with Crippen molar-refractivity contribution in [2.24, 2.45) is 0 Å². The Kier molecular flexibility index (Phi) is 1610. The molecule has 0 saturated heterocycles. The molecule has 0 N–H and O–H groups in total. The van der Waals surface area contributed by atoms with Crippen LogP contribution in [-0.2, 0) is 0 Å². The first-order chi connectivity index (χ1) is 0. The molecule has 0 aliphatic rings. The van der Waals surface area contributed by atoms with Crippen LogP contribution >= 0.6 is 62.0 Å². The zero-order chi connectivity index (χ0) is 0. The average Bonchev–Trinajstić information content (AvgIpc) is 0. The fourth-order valence-corrected chi connectivity index (χ4v) is 0. The molecule has 56 valence electrons.